The van der Waals surface area contributed by atoms with Crippen molar-refractivity contribution < 1.29 is 14.0 Å². The zero-order chi connectivity index (χ0) is 16.8. The molecule has 2 aromatic rings. The van der Waals surface area contributed by atoms with E-state index in [9.17, 15) is 14.0 Å². The zero-order valence-corrected chi connectivity index (χ0v) is 13.2. The van der Waals surface area contributed by atoms with Crippen LogP contribution in [-0.2, 0) is 11.2 Å². The van der Waals surface area contributed by atoms with E-state index in [4.69, 9.17) is 0 Å². The Morgan fingerprint density at radius 1 is 1.09 bits per heavy atom. The summed E-state index contributed by atoms with van der Waals surface area (Å²) in [4.78, 5) is 25.4. The number of benzene rings is 2. The van der Waals surface area contributed by atoms with Crippen LogP contribution in [0.25, 0.3) is 0 Å². The summed E-state index contributed by atoms with van der Waals surface area (Å²) < 4.78 is 13.1. The van der Waals surface area contributed by atoms with Gasteiger partial charge in [-0.15, -0.1) is 0 Å². The van der Waals surface area contributed by atoms with Crippen molar-refractivity contribution in [3.8, 4) is 0 Å². The van der Waals surface area contributed by atoms with Crippen molar-refractivity contribution in [1.82, 2.24) is 4.90 Å². The van der Waals surface area contributed by atoms with Crippen LogP contribution in [0, 0.1) is 5.82 Å². The van der Waals surface area contributed by atoms with Crippen molar-refractivity contribution in [2.75, 3.05) is 19.4 Å². The summed E-state index contributed by atoms with van der Waals surface area (Å²) in [7, 11) is 3.35. The van der Waals surface area contributed by atoms with Crippen molar-refractivity contribution in [1.29, 1.82) is 0 Å². The second-order valence-corrected chi connectivity index (χ2v) is 5.46. The van der Waals surface area contributed by atoms with Crippen LogP contribution < -0.4 is 5.32 Å². The summed E-state index contributed by atoms with van der Waals surface area (Å²) in [5.74, 6) is -0.609. The molecular formula is C18H19FN2O2. The lowest BCUT2D eigenvalue weighted by Gasteiger charge is -2.11. The average molecular weight is 314 g/mol. The maximum atomic E-state index is 13.1. The van der Waals surface area contributed by atoms with E-state index in [1.54, 1.807) is 50.5 Å². The van der Waals surface area contributed by atoms with Gasteiger partial charge in [0.15, 0.2) is 0 Å². The van der Waals surface area contributed by atoms with Crippen LogP contribution in [0.1, 0.15) is 22.3 Å². The highest BCUT2D eigenvalue weighted by Crippen LogP contribution is 2.13. The maximum Gasteiger partial charge on any atom is 0.253 e. The molecule has 0 heterocycles. The van der Waals surface area contributed by atoms with Crippen LogP contribution in [0.3, 0.4) is 0 Å². The van der Waals surface area contributed by atoms with Gasteiger partial charge in [-0.25, -0.2) is 4.39 Å². The van der Waals surface area contributed by atoms with Gasteiger partial charge in [0.25, 0.3) is 5.91 Å². The minimum Gasteiger partial charge on any atom is -0.345 e. The SMILES string of the molecule is CN(C)C(=O)c1cccc(NC(=O)CCc2cccc(F)c2)c1. The number of hydrogen-bond donors (Lipinski definition) is 1. The van der Waals surface area contributed by atoms with E-state index < -0.39 is 0 Å². The van der Waals surface area contributed by atoms with E-state index in [0.29, 0.717) is 17.7 Å². The lowest BCUT2D eigenvalue weighted by molar-refractivity contribution is -0.116. The van der Waals surface area contributed by atoms with Crippen molar-refractivity contribution >= 4 is 17.5 Å². The Balaban J connectivity index is 1.95. The molecule has 2 aromatic carbocycles. The van der Waals surface area contributed by atoms with Gasteiger partial charge in [-0.3, -0.25) is 9.59 Å². The van der Waals surface area contributed by atoms with Gasteiger partial charge in [0, 0.05) is 31.8 Å². The number of carbonyl (C=O) groups is 2. The summed E-state index contributed by atoms with van der Waals surface area (Å²) in [6, 6.07) is 13.0. The van der Waals surface area contributed by atoms with Gasteiger partial charge in [0.05, 0.1) is 0 Å². The highest BCUT2D eigenvalue weighted by molar-refractivity contribution is 5.97. The molecule has 2 rings (SSSR count). The molecule has 1 N–H and O–H groups in total. The van der Waals surface area contributed by atoms with Gasteiger partial charge < -0.3 is 10.2 Å². The lowest BCUT2D eigenvalue weighted by atomic mass is 10.1. The van der Waals surface area contributed by atoms with E-state index >= 15 is 0 Å². The molecule has 4 nitrogen and oxygen atoms in total. The normalized spacial score (nSPS) is 10.2. The predicted octanol–water partition coefficient (Wildman–Crippen LogP) is 3.10. The Kier molecular flexibility index (Phi) is 5.46. The van der Waals surface area contributed by atoms with E-state index in [1.807, 2.05) is 0 Å². The Morgan fingerprint density at radius 2 is 1.83 bits per heavy atom. The summed E-state index contributed by atoms with van der Waals surface area (Å²) in [5.41, 5.74) is 1.86. The third kappa shape index (κ3) is 4.92. The van der Waals surface area contributed by atoms with E-state index in [0.717, 1.165) is 5.56 Å². The van der Waals surface area contributed by atoms with E-state index in [-0.39, 0.29) is 24.1 Å². The van der Waals surface area contributed by atoms with Gasteiger partial charge in [-0.1, -0.05) is 18.2 Å². The highest BCUT2D eigenvalue weighted by atomic mass is 19.1. The van der Waals surface area contributed by atoms with Crippen molar-refractivity contribution in [2.24, 2.45) is 0 Å². The minimum absolute atomic E-state index is 0.124. The third-order valence-corrected chi connectivity index (χ3v) is 3.33. The zero-order valence-electron chi connectivity index (χ0n) is 13.2. The molecule has 0 aliphatic heterocycles. The molecule has 0 saturated heterocycles. The van der Waals surface area contributed by atoms with Crippen LogP contribution in [0.5, 0.6) is 0 Å². The van der Waals surface area contributed by atoms with Crippen molar-refractivity contribution in [3.63, 3.8) is 0 Å². The summed E-state index contributed by atoms with van der Waals surface area (Å²) in [6.45, 7) is 0. The molecule has 2 amide bonds. The Hall–Kier alpha value is -2.69. The molecule has 0 aromatic heterocycles. The average Bonchev–Trinajstić information content (AvgIpc) is 2.52. The first-order chi connectivity index (χ1) is 11.0. The number of rotatable bonds is 5. The smallest absolute Gasteiger partial charge is 0.253 e. The highest BCUT2D eigenvalue weighted by Gasteiger charge is 2.09. The minimum atomic E-state index is -0.308. The molecule has 0 atom stereocenters. The quantitative estimate of drug-likeness (QED) is 0.922. The monoisotopic (exact) mass is 314 g/mol. The first-order valence-electron chi connectivity index (χ1n) is 7.32. The Labute approximate surface area is 134 Å². The van der Waals surface area contributed by atoms with E-state index in [1.165, 1.54) is 17.0 Å². The van der Waals surface area contributed by atoms with Gasteiger partial charge in [-0.2, -0.15) is 0 Å². The molecule has 120 valence electrons. The summed E-state index contributed by atoms with van der Waals surface area (Å²) in [6.07, 6.45) is 0.704. The summed E-state index contributed by atoms with van der Waals surface area (Å²) >= 11 is 0. The third-order valence-electron chi connectivity index (χ3n) is 3.33. The van der Waals surface area contributed by atoms with Gasteiger partial charge >= 0.3 is 0 Å². The number of hydrogen-bond acceptors (Lipinski definition) is 2. The molecule has 0 fully saturated rings. The largest absolute Gasteiger partial charge is 0.345 e. The Morgan fingerprint density at radius 3 is 2.52 bits per heavy atom. The predicted molar refractivity (Wildman–Crippen MR) is 87.8 cm³/mol. The molecule has 0 saturated carbocycles. The standard InChI is InChI=1S/C18H19FN2O2/c1-21(2)18(23)14-6-4-8-16(12-14)20-17(22)10-9-13-5-3-7-15(19)11-13/h3-8,11-12H,9-10H2,1-2H3,(H,20,22). The molecular weight excluding hydrogens is 295 g/mol. The molecule has 0 radical (unpaired) electrons. The first kappa shape index (κ1) is 16.7. The number of halogens is 1. The summed E-state index contributed by atoms with van der Waals surface area (Å²) in [5, 5.41) is 2.76. The topological polar surface area (TPSA) is 49.4 Å². The molecule has 0 aliphatic rings. The van der Waals surface area contributed by atoms with Gasteiger partial charge in [-0.05, 0) is 42.3 Å². The Bertz CT molecular complexity index is 714. The number of anilines is 1. The second kappa shape index (κ2) is 7.54. The number of amides is 2. The maximum absolute atomic E-state index is 13.1. The fraction of sp³-hybridized carbons (Fsp3) is 0.222. The number of nitrogens with one attached hydrogen (secondary N) is 1. The number of aryl methyl sites for hydroxylation is 1. The number of carbonyl (C=O) groups excluding carboxylic acids is 2. The molecule has 0 bridgehead atoms. The molecule has 0 aliphatic carbocycles. The van der Waals surface area contributed by atoms with Crippen LogP contribution in [0.15, 0.2) is 48.5 Å². The van der Waals surface area contributed by atoms with Crippen LogP contribution in [-0.4, -0.2) is 30.8 Å². The second-order valence-electron chi connectivity index (χ2n) is 5.46. The van der Waals surface area contributed by atoms with Gasteiger partial charge in [0.1, 0.15) is 5.82 Å². The molecule has 23 heavy (non-hydrogen) atoms. The van der Waals surface area contributed by atoms with Crippen LogP contribution >= 0.6 is 0 Å². The fourth-order valence-electron chi connectivity index (χ4n) is 2.16. The van der Waals surface area contributed by atoms with Gasteiger partial charge in [0.2, 0.25) is 5.91 Å². The van der Waals surface area contributed by atoms with Crippen molar-refractivity contribution in [3.05, 3.63) is 65.5 Å². The van der Waals surface area contributed by atoms with Crippen LogP contribution in [0.2, 0.25) is 0 Å². The number of nitrogens with zero attached hydrogens (tertiary/aromatic N) is 1. The van der Waals surface area contributed by atoms with Crippen molar-refractivity contribution in [2.45, 2.75) is 12.8 Å². The molecule has 5 heteroatoms. The van der Waals surface area contributed by atoms with E-state index in [2.05, 4.69) is 5.32 Å². The van der Waals surface area contributed by atoms with Crippen LogP contribution in [0.4, 0.5) is 10.1 Å². The lowest BCUT2D eigenvalue weighted by Crippen LogP contribution is -2.22. The fourth-order valence-corrected chi connectivity index (χ4v) is 2.16. The molecule has 0 unspecified atom stereocenters. The molecule has 0 spiro atoms. The first-order valence-corrected chi connectivity index (χ1v) is 7.32.